The quantitative estimate of drug-likeness (QED) is 0.309. The summed E-state index contributed by atoms with van der Waals surface area (Å²) in [6.45, 7) is 2.33. The van der Waals surface area contributed by atoms with Gasteiger partial charge in [0, 0.05) is 26.7 Å². The second-order valence-corrected chi connectivity index (χ2v) is 8.75. The van der Waals surface area contributed by atoms with Gasteiger partial charge in [0.05, 0.1) is 17.8 Å². The maximum Gasteiger partial charge on any atom is 0.193 e. The van der Waals surface area contributed by atoms with Gasteiger partial charge in [-0.2, -0.15) is 0 Å². The molecule has 9 heteroatoms. The van der Waals surface area contributed by atoms with Crippen LogP contribution in [0.15, 0.2) is 58.4 Å². The lowest BCUT2D eigenvalue weighted by Gasteiger charge is -2.26. The number of hydrogen-bond donors (Lipinski definition) is 1. The normalized spacial score (nSPS) is 12.6. The van der Waals surface area contributed by atoms with Crippen molar-refractivity contribution >= 4 is 39.8 Å². The van der Waals surface area contributed by atoms with Gasteiger partial charge in [0.2, 0.25) is 0 Å². The van der Waals surface area contributed by atoms with E-state index in [4.69, 9.17) is 4.74 Å². The summed E-state index contributed by atoms with van der Waals surface area (Å²) in [5.74, 6) is 0.256. The fraction of sp³-hybridized carbons (Fsp3) is 0.381. The summed E-state index contributed by atoms with van der Waals surface area (Å²) in [7, 11) is 1.44. The number of methoxy groups -OCH3 is 1. The summed E-state index contributed by atoms with van der Waals surface area (Å²) in [5, 5.41) is 3.21. The van der Waals surface area contributed by atoms with E-state index >= 15 is 0 Å². The zero-order valence-corrected chi connectivity index (χ0v) is 20.8. The third kappa shape index (κ3) is 7.12. The van der Waals surface area contributed by atoms with Crippen molar-refractivity contribution in [2.24, 2.45) is 4.99 Å². The SMILES string of the molecule is CCC(CS(=O)(=O)c1ccccc1)NC(=NC)N(C)Cc1ccc(OC)c(F)c1.I. The summed E-state index contributed by atoms with van der Waals surface area (Å²) >= 11 is 0. The second kappa shape index (κ2) is 12.1. The molecule has 2 aromatic carbocycles. The van der Waals surface area contributed by atoms with Crippen LogP contribution in [0.4, 0.5) is 4.39 Å². The number of nitrogens with one attached hydrogen (secondary N) is 1. The van der Waals surface area contributed by atoms with Crippen LogP contribution in [-0.2, 0) is 16.4 Å². The Kier molecular flexibility index (Phi) is 10.5. The first-order chi connectivity index (χ1) is 13.8. The highest BCUT2D eigenvalue weighted by molar-refractivity contribution is 14.0. The minimum atomic E-state index is -3.42. The molecule has 0 aliphatic carbocycles. The molecule has 6 nitrogen and oxygen atoms in total. The fourth-order valence-electron chi connectivity index (χ4n) is 2.94. The molecule has 0 saturated heterocycles. The maximum atomic E-state index is 13.9. The molecule has 0 radical (unpaired) electrons. The number of benzene rings is 2. The number of ether oxygens (including phenoxy) is 1. The summed E-state index contributed by atoms with van der Waals surface area (Å²) in [5.41, 5.74) is 0.749. The van der Waals surface area contributed by atoms with Crippen molar-refractivity contribution in [3.8, 4) is 5.75 Å². The molecule has 2 aromatic rings. The van der Waals surface area contributed by atoms with E-state index in [0.29, 0.717) is 23.8 Å². The highest BCUT2D eigenvalue weighted by Crippen LogP contribution is 2.18. The van der Waals surface area contributed by atoms with Crippen LogP contribution in [0.25, 0.3) is 0 Å². The van der Waals surface area contributed by atoms with Gasteiger partial charge in [-0.1, -0.05) is 31.2 Å². The maximum absolute atomic E-state index is 13.9. The Bertz CT molecular complexity index is 940. The van der Waals surface area contributed by atoms with Crippen LogP contribution in [0.2, 0.25) is 0 Å². The molecule has 0 amide bonds. The molecule has 0 aliphatic heterocycles. The molecule has 0 aromatic heterocycles. The summed E-state index contributed by atoms with van der Waals surface area (Å²) in [6.07, 6.45) is 0.607. The molecule has 0 bridgehead atoms. The van der Waals surface area contributed by atoms with E-state index in [2.05, 4.69) is 10.3 Å². The minimum absolute atomic E-state index is 0. The highest BCUT2D eigenvalue weighted by atomic mass is 127. The number of hydrogen-bond acceptors (Lipinski definition) is 4. The molecule has 2 rings (SSSR count). The van der Waals surface area contributed by atoms with Gasteiger partial charge in [-0.25, -0.2) is 12.8 Å². The van der Waals surface area contributed by atoms with E-state index in [0.717, 1.165) is 5.56 Å². The Morgan fingerprint density at radius 1 is 1.23 bits per heavy atom. The van der Waals surface area contributed by atoms with Crippen molar-refractivity contribution in [1.82, 2.24) is 10.2 Å². The molecular formula is C21H29FIN3O3S. The van der Waals surface area contributed by atoms with Gasteiger partial charge in [-0.3, -0.25) is 4.99 Å². The Morgan fingerprint density at radius 3 is 2.43 bits per heavy atom. The lowest BCUT2D eigenvalue weighted by Crippen LogP contribution is -2.46. The molecule has 166 valence electrons. The zero-order valence-electron chi connectivity index (χ0n) is 17.6. The van der Waals surface area contributed by atoms with Crippen molar-refractivity contribution < 1.29 is 17.5 Å². The first kappa shape index (κ1) is 26.2. The average molecular weight is 549 g/mol. The molecule has 0 fully saturated rings. The van der Waals surface area contributed by atoms with Crippen LogP contribution in [0.1, 0.15) is 18.9 Å². The third-order valence-electron chi connectivity index (χ3n) is 4.56. The Morgan fingerprint density at radius 2 is 1.90 bits per heavy atom. The molecule has 1 atom stereocenters. The van der Waals surface area contributed by atoms with E-state index in [-0.39, 0.29) is 41.5 Å². The van der Waals surface area contributed by atoms with Crippen molar-refractivity contribution in [1.29, 1.82) is 0 Å². The van der Waals surface area contributed by atoms with Crippen LogP contribution < -0.4 is 10.1 Å². The zero-order chi connectivity index (χ0) is 21.4. The van der Waals surface area contributed by atoms with Gasteiger partial charge in [-0.05, 0) is 36.2 Å². The van der Waals surface area contributed by atoms with Crippen LogP contribution in [0, 0.1) is 5.82 Å². The second-order valence-electron chi connectivity index (χ2n) is 6.72. The lowest BCUT2D eigenvalue weighted by atomic mass is 10.2. The molecular weight excluding hydrogens is 520 g/mol. The predicted octanol–water partition coefficient (Wildman–Crippen LogP) is 3.71. The molecule has 30 heavy (non-hydrogen) atoms. The molecule has 0 spiro atoms. The topological polar surface area (TPSA) is 71.0 Å². The van der Waals surface area contributed by atoms with Crippen molar-refractivity contribution in [3.63, 3.8) is 0 Å². The fourth-order valence-corrected chi connectivity index (χ4v) is 4.55. The number of aliphatic imine (C=N–C) groups is 1. The standard InChI is InChI=1S/C21H28FN3O3S.HI/c1-5-17(15-29(26,27)18-9-7-6-8-10-18)24-21(23-2)25(3)14-16-11-12-20(28-4)19(22)13-16;/h6-13,17H,5,14-15H2,1-4H3,(H,23,24);1H. The summed E-state index contributed by atoms with van der Waals surface area (Å²) in [4.78, 5) is 6.37. The number of guanidine groups is 1. The molecule has 0 heterocycles. The van der Waals surface area contributed by atoms with Gasteiger partial charge < -0.3 is 15.0 Å². The van der Waals surface area contributed by atoms with Crippen LogP contribution in [-0.4, -0.2) is 52.3 Å². The van der Waals surface area contributed by atoms with Gasteiger partial charge in [0.15, 0.2) is 27.4 Å². The first-order valence-corrected chi connectivity index (χ1v) is 11.0. The van der Waals surface area contributed by atoms with E-state index < -0.39 is 15.7 Å². The minimum Gasteiger partial charge on any atom is -0.494 e. The van der Waals surface area contributed by atoms with Crippen LogP contribution >= 0.6 is 24.0 Å². The molecule has 1 N–H and O–H groups in total. The van der Waals surface area contributed by atoms with Crippen molar-refractivity contribution in [3.05, 3.63) is 59.9 Å². The molecule has 0 saturated carbocycles. The first-order valence-electron chi connectivity index (χ1n) is 9.35. The van der Waals surface area contributed by atoms with Gasteiger partial charge in [-0.15, -0.1) is 24.0 Å². The van der Waals surface area contributed by atoms with Crippen LogP contribution in [0.5, 0.6) is 5.75 Å². The Balaban J connectivity index is 0.00000450. The smallest absolute Gasteiger partial charge is 0.193 e. The van der Waals surface area contributed by atoms with Crippen molar-refractivity contribution in [2.45, 2.75) is 30.8 Å². The van der Waals surface area contributed by atoms with E-state index in [9.17, 15) is 12.8 Å². The van der Waals surface area contributed by atoms with E-state index in [1.165, 1.54) is 13.2 Å². The van der Waals surface area contributed by atoms with Crippen molar-refractivity contribution in [2.75, 3.05) is 27.0 Å². The number of rotatable bonds is 8. The lowest BCUT2D eigenvalue weighted by molar-refractivity contribution is 0.385. The van der Waals surface area contributed by atoms with E-state index in [1.54, 1.807) is 49.5 Å². The molecule has 0 aliphatic rings. The Hall–Kier alpha value is -1.88. The summed E-state index contributed by atoms with van der Waals surface area (Å²) in [6, 6.07) is 12.9. The molecule has 1 unspecified atom stereocenters. The number of halogens is 2. The Labute approximate surface area is 195 Å². The third-order valence-corrected chi connectivity index (χ3v) is 6.39. The predicted molar refractivity (Wildman–Crippen MR) is 129 cm³/mol. The van der Waals surface area contributed by atoms with E-state index in [1.807, 2.05) is 18.9 Å². The summed E-state index contributed by atoms with van der Waals surface area (Å²) < 4.78 is 44.2. The highest BCUT2D eigenvalue weighted by Gasteiger charge is 2.22. The monoisotopic (exact) mass is 549 g/mol. The van der Waals surface area contributed by atoms with Crippen LogP contribution in [0.3, 0.4) is 0 Å². The largest absolute Gasteiger partial charge is 0.494 e. The number of sulfone groups is 1. The van der Waals surface area contributed by atoms with Gasteiger partial charge in [0.1, 0.15) is 0 Å². The number of nitrogens with zero attached hydrogens (tertiary/aromatic N) is 2. The average Bonchev–Trinajstić information content (AvgIpc) is 2.71. The van der Waals surface area contributed by atoms with Gasteiger partial charge >= 0.3 is 0 Å². The van der Waals surface area contributed by atoms with Gasteiger partial charge in [0.25, 0.3) is 0 Å².